The Labute approximate surface area is 380 Å². The van der Waals surface area contributed by atoms with Gasteiger partial charge in [0.2, 0.25) is 0 Å². The monoisotopic (exact) mass is 830 g/mol. The van der Waals surface area contributed by atoms with Crippen molar-refractivity contribution in [2.45, 2.75) is 40.0 Å². The highest BCUT2D eigenvalue weighted by atomic mass is 16.3. The molecule has 0 bridgehead atoms. The van der Waals surface area contributed by atoms with Crippen molar-refractivity contribution in [3.8, 4) is 89.7 Å². The first-order valence-corrected chi connectivity index (χ1v) is 21.7. The molecule has 0 spiro atoms. The number of rotatable bonds is 8. The van der Waals surface area contributed by atoms with Gasteiger partial charge in [0.25, 0.3) is 0 Å². The van der Waals surface area contributed by atoms with Gasteiger partial charge in [0.05, 0.1) is 28.0 Å². The Balaban J connectivity index is 1.26. The Morgan fingerprint density at radius 1 is 0.500 bits per heavy atom. The van der Waals surface area contributed by atoms with Crippen molar-refractivity contribution in [2.75, 3.05) is 0 Å². The van der Waals surface area contributed by atoms with Crippen LogP contribution in [0.5, 0.6) is 5.75 Å². The Kier molecular flexibility index (Phi) is 9.47. The predicted molar refractivity (Wildman–Crippen MR) is 267 cm³/mol. The van der Waals surface area contributed by atoms with Crippen LogP contribution in [-0.2, 0) is 5.41 Å². The maximum absolute atomic E-state index is 11.6. The SMILES string of the molecule is [2H]C([2H])([2H])c1cc(-c2ccc(C(C)(C)C)cc2)c(-n2c(-c3ccccc3O)nc3c(-c4cc(-c5ccccc5)cc(-c5cc(-c6ccc(C)cc6)ccn5)c4)cccc32)cc1-c1ccccc1. The molecule has 4 heteroatoms. The lowest BCUT2D eigenvalue weighted by molar-refractivity contribution is 0.477. The molecule has 0 amide bonds. The smallest absolute Gasteiger partial charge is 0.149 e. The van der Waals surface area contributed by atoms with Gasteiger partial charge in [-0.1, -0.05) is 160 Å². The molecule has 0 aliphatic rings. The van der Waals surface area contributed by atoms with E-state index in [9.17, 15) is 5.11 Å². The van der Waals surface area contributed by atoms with E-state index in [1.54, 1.807) is 12.1 Å². The highest BCUT2D eigenvalue weighted by molar-refractivity contribution is 5.99. The summed E-state index contributed by atoms with van der Waals surface area (Å²) in [4.78, 5) is 10.4. The summed E-state index contributed by atoms with van der Waals surface area (Å²) in [5, 5.41) is 11.6. The number of pyridine rings is 1. The van der Waals surface area contributed by atoms with Crippen molar-refractivity contribution >= 4 is 11.0 Å². The highest BCUT2D eigenvalue weighted by Gasteiger charge is 2.24. The van der Waals surface area contributed by atoms with E-state index in [1.165, 1.54) is 5.56 Å². The Hall–Kier alpha value is -7.82. The molecule has 0 saturated carbocycles. The quantitative estimate of drug-likeness (QED) is 0.166. The van der Waals surface area contributed by atoms with Crippen molar-refractivity contribution in [1.29, 1.82) is 0 Å². The molecular weight excluding hydrogens is 779 g/mol. The number of aromatic nitrogens is 3. The molecule has 4 nitrogen and oxygen atoms in total. The van der Waals surface area contributed by atoms with Crippen LogP contribution in [0.3, 0.4) is 0 Å². The number of fused-ring (bicyclic) bond motifs is 1. The van der Waals surface area contributed by atoms with E-state index in [-0.39, 0.29) is 16.7 Å². The molecule has 10 aromatic rings. The van der Waals surface area contributed by atoms with Crippen molar-refractivity contribution in [2.24, 2.45) is 0 Å². The van der Waals surface area contributed by atoms with Crippen LogP contribution in [0.1, 0.15) is 41.6 Å². The zero-order chi connectivity index (χ0) is 46.5. The maximum Gasteiger partial charge on any atom is 0.149 e. The molecule has 0 unspecified atom stereocenters. The molecule has 2 aromatic heterocycles. The van der Waals surface area contributed by atoms with E-state index >= 15 is 0 Å². The Morgan fingerprint density at radius 2 is 1.12 bits per heavy atom. The first-order chi connectivity index (χ1) is 32.3. The van der Waals surface area contributed by atoms with Gasteiger partial charge in [-0.15, -0.1) is 0 Å². The van der Waals surface area contributed by atoms with Gasteiger partial charge in [-0.05, 0) is 135 Å². The van der Waals surface area contributed by atoms with Gasteiger partial charge >= 0.3 is 0 Å². The molecule has 0 saturated heterocycles. The zero-order valence-corrected chi connectivity index (χ0v) is 36.3. The summed E-state index contributed by atoms with van der Waals surface area (Å²) in [5.41, 5.74) is 16.2. The van der Waals surface area contributed by atoms with E-state index in [2.05, 4.69) is 129 Å². The fraction of sp³-hybridized carbons (Fsp3) is 0.100. The predicted octanol–water partition coefficient (Wildman–Crippen LogP) is 15.7. The van der Waals surface area contributed by atoms with Gasteiger partial charge in [0.1, 0.15) is 11.6 Å². The second-order valence-corrected chi connectivity index (χ2v) is 17.5. The summed E-state index contributed by atoms with van der Waals surface area (Å²) in [7, 11) is 0. The van der Waals surface area contributed by atoms with Crippen molar-refractivity contribution in [3.63, 3.8) is 0 Å². The molecule has 310 valence electrons. The summed E-state index contributed by atoms with van der Waals surface area (Å²) in [6.07, 6.45) is 1.87. The number of benzene rings is 8. The topological polar surface area (TPSA) is 50.9 Å². The van der Waals surface area contributed by atoms with E-state index in [0.717, 1.165) is 78.1 Å². The summed E-state index contributed by atoms with van der Waals surface area (Å²) >= 11 is 0. The maximum atomic E-state index is 11.6. The minimum absolute atomic E-state index is 0.0759. The molecule has 1 N–H and O–H groups in total. The average molecular weight is 831 g/mol. The molecule has 8 aromatic carbocycles. The van der Waals surface area contributed by atoms with Crippen LogP contribution in [0.25, 0.3) is 95.0 Å². The van der Waals surface area contributed by atoms with Crippen LogP contribution in [0.4, 0.5) is 0 Å². The van der Waals surface area contributed by atoms with Crippen LogP contribution in [-0.4, -0.2) is 19.6 Å². The molecule has 2 heterocycles. The van der Waals surface area contributed by atoms with Gasteiger partial charge in [-0.2, -0.15) is 0 Å². The van der Waals surface area contributed by atoms with E-state index in [0.29, 0.717) is 22.5 Å². The summed E-state index contributed by atoms with van der Waals surface area (Å²) < 4.78 is 28.6. The van der Waals surface area contributed by atoms with Crippen molar-refractivity contribution in [1.82, 2.24) is 14.5 Å². The molecule has 0 atom stereocenters. The molecule has 0 radical (unpaired) electrons. The summed E-state index contributed by atoms with van der Waals surface area (Å²) in [5.74, 6) is 0.590. The van der Waals surface area contributed by atoms with Crippen LogP contribution >= 0.6 is 0 Å². The van der Waals surface area contributed by atoms with Gasteiger partial charge in [-0.3, -0.25) is 9.55 Å². The third-order valence-corrected chi connectivity index (χ3v) is 12.1. The lowest BCUT2D eigenvalue weighted by atomic mass is 9.85. The molecule has 0 aliphatic carbocycles. The Bertz CT molecular complexity index is 3420. The summed E-state index contributed by atoms with van der Waals surface area (Å²) in [6, 6.07) is 65.0. The van der Waals surface area contributed by atoms with Gasteiger partial charge in [0, 0.05) is 27.0 Å². The molecule has 0 aliphatic heterocycles. The number of hydrogen-bond donors (Lipinski definition) is 1. The van der Waals surface area contributed by atoms with Crippen molar-refractivity contribution in [3.05, 3.63) is 217 Å². The normalized spacial score (nSPS) is 12.5. The number of para-hydroxylation sites is 2. The number of hydrogen-bond acceptors (Lipinski definition) is 3. The van der Waals surface area contributed by atoms with E-state index in [4.69, 9.17) is 14.1 Å². The lowest BCUT2D eigenvalue weighted by Gasteiger charge is -2.21. The second kappa shape index (κ2) is 16.5. The third kappa shape index (κ3) is 7.69. The van der Waals surface area contributed by atoms with Crippen LogP contribution < -0.4 is 0 Å². The largest absolute Gasteiger partial charge is 0.507 e. The molecular formula is C60H49N3O. The second-order valence-electron chi connectivity index (χ2n) is 17.5. The Morgan fingerprint density at radius 3 is 1.84 bits per heavy atom. The third-order valence-electron chi connectivity index (χ3n) is 12.1. The van der Waals surface area contributed by atoms with Crippen LogP contribution in [0.15, 0.2) is 200 Å². The lowest BCUT2D eigenvalue weighted by Crippen LogP contribution is -2.10. The minimum atomic E-state index is -2.43. The van der Waals surface area contributed by atoms with Crippen LogP contribution in [0, 0.1) is 13.8 Å². The average Bonchev–Trinajstić information content (AvgIpc) is 3.73. The van der Waals surface area contributed by atoms with Crippen molar-refractivity contribution < 1.29 is 9.22 Å². The van der Waals surface area contributed by atoms with Gasteiger partial charge in [0.15, 0.2) is 0 Å². The first-order valence-electron chi connectivity index (χ1n) is 23.2. The molecule has 64 heavy (non-hydrogen) atoms. The number of imidazole rings is 1. The first kappa shape index (κ1) is 36.8. The van der Waals surface area contributed by atoms with Gasteiger partial charge < -0.3 is 5.11 Å². The summed E-state index contributed by atoms with van der Waals surface area (Å²) in [6.45, 7) is 6.21. The fourth-order valence-electron chi connectivity index (χ4n) is 8.67. The molecule has 10 rings (SSSR count). The van der Waals surface area contributed by atoms with E-state index < -0.39 is 6.85 Å². The standard InChI is InChI=1S/C60H49N3O/c1-39-23-25-42(26-24-39)45-31-32-61-54(37-45)48-35-46(41-15-8-6-9-16-41)34-47(36-48)50-20-14-21-55-58(50)62-59(51-19-12-13-22-57(51)64)63(55)56-38-52(43-17-10-7-11-18-43)40(2)33-53(56)44-27-29-49(30-28-44)60(3,4)5/h6-38,64H,1-5H3/i2D3. The van der Waals surface area contributed by atoms with Crippen LogP contribution in [0.2, 0.25) is 0 Å². The zero-order valence-electron chi connectivity index (χ0n) is 39.3. The number of nitrogens with zero attached hydrogens (tertiary/aromatic N) is 3. The number of aryl methyl sites for hydroxylation is 2. The minimum Gasteiger partial charge on any atom is -0.507 e. The highest BCUT2D eigenvalue weighted by Crippen LogP contribution is 2.43. The molecule has 0 fully saturated rings. The number of aromatic hydroxyl groups is 1. The van der Waals surface area contributed by atoms with E-state index in [1.807, 2.05) is 91.1 Å². The fourth-order valence-corrected chi connectivity index (χ4v) is 8.67. The number of phenols is 1. The van der Waals surface area contributed by atoms with Gasteiger partial charge in [-0.25, -0.2) is 4.98 Å². The number of phenolic OH excluding ortho intramolecular Hbond substituents is 1.